The molecule has 0 saturated heterocycles. The molecule has 0 aliphatic carbocycles. The third-order valence-electron chi connectivity index (χ3n) is 3.61. The van der Waals surface area contributed by atoms with Crippen molar-refractivity contribution in [1.82, 2.24) is 10.3 Å². The predicted molar refractivity (Wildman–Crippen MR) is 88.0 cm³/mol. The lowest BCUT2D eigenvalue weighted by Crippen LogP contribution is -2.52. The van der Waals surface area contributed by atoms with E-state index in [0.717, 1.165) is 0 Å². The highest BCUT2D eigenvalue weighted by Crippen LogP contribution is 2.27. The smallest absolute Gasteiger partial charge is 0.341 e. The zero-order chi connectivity index (χ0) is 19.2. The van der Waals surface area contributed by atoms with Crippen molar-refractivity contribution in [3.63, 3.8) is 0 Å². The van der Waals surface area contributed by atoms with Gasteiger partial charge in [0.1, 0.15) is 10.6 Å². The summed E-state index contributed by atoms with van der Waals surface area (Å²) in [5.74, 6) is -4.51. The molecule has 0 unspecified atom stereocenters. The van der Waals surface area contributed by atoms with Crippen molar-refractivity contribution in [2.75, 3.05) is 0 Å². The molecular formula is C16H19F2N3O3S. The van der Waals surface area contributed by atoms with E-state index in [0.29, 0.717) is 0 Å². The minimum absolute atomic E-state index is 0.118. The molecular weight excluding hydrogens is 352 g/mol. The number of amides is 1. The molecule has 1 aromatic heterocycles. The Hall–Kier alpha value is -2.21. The summed E-state index contributed by atoms with van der Waals surface area (Å²) in [7, 11) is 0. The Morgan fingerprint density at radius 3 is 2.56 bits per heavy atom. The molecule has 0 bridgehead atoms. The molecule has 25 heavy (non-hydrogen) atoms. The number of ether oxygens (including phenoxy) is 1. The Labute approximate surface area is 148 Å². The maximum atomic E-state index is 12.5. The molecule has 136 valence electrons. The average Bonchev–Trinajstić information content (AvgIpc) is 2.54. The van der Waals surface area contributed by atoms with Crippen molar-refractivity contribution in [2.45, 2.75) is 50.1 Å². The number of alkyl halides is 2. The van der Waals surface area contributed by atoms with E-state index in [9.17, 15) is 23.6 Å². The summed E-state index contributed by atoms with van der Waals surface area (Å²) in [4.78, 5) is 28.1. The first-order valence-corrected chi connectivity index (χ1v) is 8.32. The van der Waals surface area contributed by atoms with E-state index in [1.165, 1.54) is 25.3 Å². The zero-order valence-electron chi connectivity index (χ0n) is 14.2. The minimum atomic E-state index is -2.75. The van der Waals surface area contributed by atoms with E-state index in [4.69, 9.17) is 4.74 Å². The summed E-state index contributed by atoms with van der Waals surface area (Å²) in [5, 5.41) is 11.6. The number of nitrogens with one attached hydrogen (secondary N) is 1. The molecule has 0 fully saturated rings. The van der Waals surface area contributed by atoms with Gasteiger partial charge in [0.15, 0.2) is 6.10 Å². The summed E-state index contributed by atoms with van der Waals surface area (Å²) < 4.78 is 30.1. The van der Waals surface area contributed by atoms with Crippen LogP contribution in [0.4, 0.5) is 8.78 Å². The Kier molecular flexibility index (Phi) is 7.30. The molecule has 0 aromatic carbocycles. The standard InChI is InChI=1S/C16H19F2N3O3S/c1-9(2)16(4,8-19)21-12(22)10(3)24-14(23)11-6-5-7-20-13(11)25-15(17)18/h5-7,9-10,15H,1-4H3,(H,21,22)/t10-,16+/m1/s1. The number of pyridine rings is 1. The van der Waals surface area contributed by atoms with Gasteiger partial charge in [-0.1, -0.05) is 13.8 Å². The van der Waals surface area contributed by atoms with Crippen LogP contribution in [0.2, 0.25) is 0 Å². The van der Waals surface area contributed by atoms with Crippen LogP contribution >= 0.6 is 11.8 Å². The van der Waals surface area contributed by atoms with Crippen molar-refractivity contribution in [3.05, 3.63) is 23.9 Å². The van der Waals surface area contributed by atoms with Gasteiger partial charge in [0, 0.05) is 6.20 Å². The maximum absolute atomic E-state index is 12.5. The topological polar surface area (TPSA) is 92.1 Å². The molecule has 1 heterocycles. The molecule has 6 nitrogen and oxygen atoms in total. The average molecular weight is 371 g/mol. The number of halogens is 2. The summed E-state index contributed by atoms with van der Waals surface area (Å²) in [6.45, 7) is 6.43. The third kappa shape index (κ3) is 5.67. The highest BCUT2D eigenvalue weighted by Gasteiger charge is 2.33. The van der Waals surface area contributed by atoms with Crippen LogP contribution in [0, 0.1) is 17.2 Å². The Morgan fingerprint density at radius 1 is 1.40 bits per heavy atom. The molecule has 0 aliphatic heterocycles. The van der Waals surface area contributed by atoms with Crippen LogP contribution in [0.1, 0.15) is 38.1 Å². The number of thioether (sulfide) groups is 1. The minimum Gasteiger partial charge on any atom is -0.449 e. The third-order valence-corrected chi connectivity index (χ3v) is 4.34. The fourth-order valence-electron chi connectivity index (χ4n) is 1.66. The summed E-state index contributed by atoms with van der Waals surface area (Å²) in [5.41, 5.74) is -1.28. The van der Waals surface area contributed by atoms with Crippen LogP contribution < -0.4 is 5.32 Å². The molecule has 1 amide bonds. The normalized spacial score (nSPS) is 14.5. The van der Waals surface area contributed by atoms with Gasteiger partial charge in [-0.25, -0.2) is 9.78 Å². The van der Waals surface area contributed by atoms with Gasteiger partial charge >= 0.3 is 5.97 Å². The lowest BCUT2D eigenvalue weighted by Gasteiger charge is -2.28. The molecule has 1 N–H and O–H groups in total. The first kappa shape index (κ1) is 20.8. The largest absolute Gasteiger partial charge is 0.449 e. The second-order valence-corrected chi connectivity index (χ2v) is 6.72. The fraction of sp³-hybridized carbons (Fsp3) is 0.500. The highest BCUT2D eigenvalue weighted by molar-refractivity contribution is 7.99. The van der Waals surface area contributed by atoms with Crippen molar-refractivity contribution in [1.29, 1.82) is 5.26 Å². The second kappa shape index (κ2) is 8.76. The fourth-order valence-corrected chi connectivity index (χ4v) is 2.23. The summed E-state index contributed by atoms with van der Waals surface area (Å²) >= 11 is 0.118. The van der Waals surface area contributed by atoms with Gasteiger partial charge in [-0.2, -0.15) is 14.0 Å². The summed E-state index contributed by atoms with van der Waals surface area (Å²) in [6.07, 6.45) is 0.0713. The number of nitrogens with zero attached hydrogens (tertiary/aromatic N) is 2. The van der Waals surface area contributed by atoms with Crippen molar-refractivity contribution < 1.29 is 23.1 Å². The van der Waals surface area contributed by atoms with Crippen LogP contribution in [-0.4, -0.2) is 34.3 Å². The quantitative estimate of drug-likeness (QED) is 0.585. The molecule has 0 aliphatic rings. The van der Waals surface area contributed by atoms with E-state index in [-0.39, 0.29) is 28.3 Å². The van der Waals surface area contributed by atoms with Crippen LogP contribution in [0.3, 0.4) is 0 Å². The van der Waals surface area contributed by atoms with Crippen LogP contribution in [0.5, 0.6) is 0 Å². The number of aromatic nitrogens is 1. The van der Waals surface area contributed by atoms with Crippen LogP contribution in [0.25, 0.3) is 0 Å². The van der Waals surface area contributed by atoms with Gasteiger partial charge in [-0.3, -0.25) is 4.79 Å². The predicted octanol–water partition coefficient (Wildman–Crippen LogP) is 3.00. The number of esters is 1. The Morgan fingerprint density at radius 2 is 2.04 bits per heavy atom. The van der Waals surface area contributed by atoms with E-state index in [1.54, 1.807) is 20.8 Å². The lowest BCUT2D eigenvalue weighted by molar-refractivity contribution is -0.130. The van der Waals surface area contributed by atoms with Crippen molar-refractivity contribution in [2.24, 2.45) is 5.92 Å². The number of hydrogen-bond acceptors (Lipinski definition) is 6. The van der Waals surface area contributed by atoms with Crippen molar-refractivity contribution in [3.8, 4) is 6.07 Å². The van der Waals surface area contributed by atoms with E-state index in [2.05, 4.69) is 10.3 Å². The van der Waals surface area contributed by atoms with Crippen molar-refractivity contribution >= 4 is 23.6 Å². The molecule has 0 saturated carbocycles. The molecule has 1 aromatic rings. The second-order valence-electron chi connectivity index (χ2n) is 5.74. The first-order chi connectivity index (χ1) is 11.6. The van der Waals surface area contributed by atoms with Gasteiger partial charge in [0.05, 0.1) is 11.6 Å². The molecule has 1 rings (SSSR count). The molecule has 0 radical (unpaired) electrons. The number of nitriles is 1. The van der Waals surface area contributed by atoms with Gasteiger partial charge in [0.25, 0.3) is 11.7 Å². The monoisotopic (exact) mass is 371 g/mol. The zero-order valence-corrected chi connectivity index (χ0v) is 15.1. The number of carbonyl (C=O) groups excluding carboxylic acids is 2. The Bertz CT molecular complexity index is 679. The van der Waals surface area contributed by atoms with E-state index in [1.807, 2.05) is 6.07 Å². The van der Waals surface area contributed by atoms with E-state index >= 15 is 0 Å². The maximum Gasteiger partial charge on any atom is 0.341 e. The van der Waals surface area contributed by atoms with Gasteiger partial charge in [-0.15, -0.1) is 0 Å². The van der Waals surface area contributed by atoms with E-state index < -0.39 is 29.3 Å². The Balaban J connectivity index is 2.84. The first-order valence-electron chi connectivity index (χ1n) is 7.44. The number of carbonyl (C=O) groups is 2. The van der Waals surface area contributed by atoms with Crippen LogP contribution in [0.15, 0.2) is 23.4 Å². The molecule has 2 atom stereocenters. The SMILES string of the molecule is CC(C)[C@](C)(C#N)NC(=O)[C@@H](C)OC(=O)c1cccnc1SC(F)F. The number of rotatable bonds is 7. The van der Waals surface area contributed by atoms with Gasteiger partial charge in [0.2, 0.25) is 0 Å². The van der Waals surface area contributed by atoms with Gasteiger partial charge < -0.3 is 10.1 Å². The molecule has 9 heteroatoms. The van der Waals surface area contributed by atoms with Gasteiger partial charge in [-0.05, 0) is 43.7 Å². The molecule has 0 spiro atoms. The highest BCUT2D eigenvalue weighted by atomic mass is 32.2. The summed E-state index contributed by atoms with van der Waals surface area (Å²) in [6, 6.07) is 4.71. The lowest BCUT2D eigenvalue weighted by atomic mass is 9.90. The van der Waals surface area contributed by atoms with Crippen LogP contribution in [-0.2, 0) is 9.53 Å². The number of hydrogen-bond donors (Lipinski definition) is 1.